The van der Waals surface area contributed by atoms with Gasteiger partial charge < -0.3 is 14.7 Å². The molecule has 4 aliphatic rings. The molecule has 1 atom stereocenters. The van der Waals surface area contributed by atoms with Crippen LogP contribution in [0.2, 0.25) is 0 Å². The Morgan fingerprint density at radius 1 is 1.00 bits per heavy atom. The molecule has 4 rings (SSSR count). The molecule has 1 aliphatic carbocycles. The van der Waals surface area contributed by atoms with Crippen molar-refractivity contribution in [2.75, 3.05) is 66.0 Å². The van der Waals surface area contributed by atoms with Gasteiger partial charge in [0.2, 0.25) is 11.8 Å². The van der Waals surface area contributed by atoms with Crippen LogP contribution in [0.1, 0.15) is 44.9 Å². The van der Waals surface area contributed by atoms with Gasteiger partial charge in [0, 0.05) is 39.3 Å². The second-order valence-electron chi connectivity index (χ2n) is 9.43. The van der Waals surface area contributed by atoms with Crippen molar-refractivity contribution in [2.24, 2.45) is 11.3 Å². The summed E-state index contributed by atoms with van der Waals surface area (Å²) in [5.74, 6) is 1.29. The highest BCUT2D eigenvalue weighted by molar-refractivity contribution is 5.86. The van der Waals surface area contributed by atoms with E-state index in [1.165, 1.54) is 19.3 Å². The van der Waals surface area contributed by atoms with E-state index < -0.39 is 0 Å². The van der Waals surface area contributed by atoms with Crippen LogP contribution in [-0.4, -0.2) is 97.4 Å². The Bertz CT molecular complexity index is 564. The Hall–Kier alpha value is -1.14. The molecule has 3 aliphatic heterocycles. The molecule has 0 radical (unpaired) electrons. The number of amides is 2. The lowest BCUT2D eigenvalue weighted by molar-refractivity contribution is -0.147. The van der Waals surface area contributed by atoms with Crippen LogP contribution in [0.25, 0.3) is 0 Å². The lowest BCUT2D eigenvalue weighted by Crippen LogP contribution is -2.52. The highest BCUT2D eigenvalue weighted by Crippen LogP contribution is 2.41. The van der Waals surface area contributed by atoms with Gasteiger partial charge in [0.1, 0.15) is 0 Å². The summed E-state index contributed by atoms with van der Waals surface area (Å²) in [5, 5.41) is 0. The van der Waals surface area contributed by atoms with Crippen molar-refractivity contribution in [1.29, 1.82) is 0 Å². The van der Waals surface area contributed by atoms with E-state index in [1.807, 2.05) is 4.90 Å². The van der Waals surface area contributed by atoms with Crippen LogP contribution < -0.4 is 0 Å². The zero-order valence-corrected chi connectivity index (χ0v) is 17.0. The first kappa shape index (κ1) is 19.2. The maximum Gasteiger partial charge on any atom is 0.236 e. The van der Waals surface area contributed by atoms with Gasteiger partial charge in [-0.15, -0.1) is 0 Å². The molecule has 0 N–H and O–H groups in total. The van der Waals surface area contributed by atoms with Crippen molar-refractivity contribution in [3.05, 3.63) is 0 Å². The van der Waals surface area contributed by atoms with E-state index in [1.54, 1.807) is 0 Å². The molecule has 0 aromatic rings. The maximum atomic E-state index is 13.2. The van der Waals surface area contributed by atoms with Crippen molar-refractivity contribution in [1.82, 2.24) is 19.6 Å². The lowest BCUT2D eigenvalue weighted by atomic mass is 9.77. The van der Waals surface area contributed by atoms with Crippen molar-refractivity contribution >= 4 is 11.8 Å². The van der Waals surface area contributed by atoms with Crippen molar-refractivity contribution in [3.63, 3.8) is 0 Å². The summed E-state index contributed by atoms with van der Waals surface area (Å²) in [6, 6.07) is 0. The number of hydrogen-bond donors (Lipinski definition) is 0. The number of likely N-dealkylation sites (tertiary alicyclic amines) is 2. The van der Waals surface area contributed by atoms with Crippen molar-refractivity contribution in [2.45, 2.75) is 44.9 Å². The molecule has 1 spiro atoms. The lowest BCUT2D eigenvalue weighted by Gasteiger charge is -2.42. The van der Waals surface area contributed by atoms with Gasteiger partial charge in [-0.25, -0.2) is 0 Å². The second kappa shape index (κ2) is 8.08. The van der Waals surface area contributed by atoms with E-state index in [4.69, 9.17) is 0 Å². The molecule has 3 heterocycles. The van der Waals surface area contributed by atoms with Crippen LogP contribution in [0.3, 0.4) is 0 Å². The fourth-order valence-electron chi connectivity index (χ4n) is 5.33. The summed E-state index contributed by atoms with van der Waals surface area (Å²) < 4.78 is 0. The van der Waals surface area contributed by atoms with E-state index in [0.29, 0.717) is 19.0 Å². The number of carbonyl (C=O) groups excluding carboxylic acids is 2. The standard InChI is InChI=1S/C21H36N4O2/c1-22-9-4-10-23(14-13-22)16-19(26)25-12-8-21(17-25)7-3-11-24(20(21)27)15-18-5-2-6-18/h18H,2-17H2,1H3/t21-/m1/s1. The van der Waals surface area contributed by atoms with E-state index in [2.05, 4.69) is 21.7 Å². The highest BCUT2D eigenvalue weighted by atomic mass is 16.2. The molecule has 0 bridgehead atoms. The minimum atomic E-state index is -0.281. The Labute approximate surface area is 163 Å². The number of likely N-dealkylation sites (N-methyl/N-ethyl adjacent to an activating group) is 1. The van der Waals surface area contributed by atoms with Gasteiger partial charge >= 0.3 is 0 Å². The minimum absolute atomic E-state index is 0.223. The molecule has 3 saturated heterocycles. The topological polar surface area (TPSA) is 47.1 Å². The zero-order valence-electron chi connectivity index (χ0n) is 17.0. The first-order valence-electron chi connectivity index (χ1n) is 11.0. The molecule has 1 saturated carbocycles. The Kier molecular flexibility index (Phi) is 5.74. The van der Waals surface area contributed by atoms with Crippen LogP contribution in [0.15, 0.2) is 0 Å². The second-order valence-corrected chi connectivity index (χ2v) is 9.43. The summed E-state index contributed by atoms with van der Waals surface area (Å²) in [6.07, 6.45) is 7.94. The number of carbonyl (C=O) groups is 2. The Balaban J connectivity index is 1.32. The SMILES string of the molecule is CN1CCCN(CC(=O)N2CC[C@]3(CCCN(CC4CCC4)C3=O)C2)CC1. The Morgan fingerprint density at radius 2 is 1.85 bits per heavy atom. The average Bonchev–Trinajstić information content (AvgIpc) is 2.94. The van der Waals surface area contributed by atoms with Crippen molar-refractivity contribution in [3.8, 4) is 0 Å². The van der Waals surface area contributed by atoms with Crippen LogP contribution in [0, 0.1) is 11.3 Å². The minimum Gasteiger partial charge on any atom is -0.342 e. The quantitative estimate of drug-likeness (QED) is 0.741. The Morgan fingerprint density at radius 3 is 2.63 bits per heavy atom. The van der Waals surface area contributed by atoms with Gasteiger partial charge in [-0.2, -0.15) is 0 Å². The molecule has 6 nitrogen and oxygen atoms in total. The monoisotopic (exact) mass is 376 g/mol. The van der Waals surface area contributed by atoms with Gasteiger partial charge in [-0.05, 0) is 64.6 Å². The van der Waals surface area contributed by atoms with E-state index in [9.17, 15) is 9.59 Å². The first-order chi connectivity index (χ1) is 13.1. The van der Waals surface area contributed by atoms with Gasteiger partial charge in [0.25, 0.3) is 0 Å². The fourth-order valence-corrected chi connectivity index (χ4v) is 5.33. The molecule has 0 unspecified atom stereocenters. The molecule has 6 heteroatoms. The predicted molar refractivity (Wildman–Crippen MR) is 105 cm³/mol. The number of nitrogens with zero attached hydrogens (tertiary/aromatic N) is 4. The van der Waals surface area contributed by atoms with Gasteiger partial charge in [0.05, 0.1) is 12.0 Å². The molecule has 0 aromatic carbocycles. The molecule has 152 valence electrons. The van der Waals surface area contributed by atoms with E-state index in [0.717, 1.165) is 77.4 Å². The largest absolute Gasteiger partial charge is 0.342 e. The molecule has 2 amide bonds. The van der Waals surface area contributed by atoms with Gasteiger partial charge in [-0.3, -0.25) is 14.5 Å². The van der Waals surface area contributed by atoms with Crippen molar-refractivity contribution < 1.29 is 9.59 Å². The first-order valence-corrected chi connectivity index (χ1v) is 11.0. The summed E-state index contributed by atoms with van der Waals surface area (Å²) in [7, 11) is 2.15. The molecular weight excluding hydrogens is 340 g/mol. The molecular formula is C21H36N4O2. The number of rotatable bonds is 4. The maximum absolute atomic E-state index is 13.2. The van der Waals surface area contributed by atoms with Crippen LogP contribution >= 0.6 is 0 Å². The fraction of sp³-hybridized carbons (Fsp3) is 0.905. The molecule has 0 aromatic heterocycles. The van der Waals surface area contributed by atoms with Crippen LogP contribution in [0.5, 0.6) is 0 Å². The third kappa shape index (κ3) is 4.16. The smallest absolute Gasteiger partial charge is 0.236 e. The normalized spacial score (nSPS) is 31.4. The van der Waals surface area contributed by atoms with E-state index in [-0.39, 0.29) is 11.3 Å². The predicted octanol–water partition coefficient (Wildman–Crippen LogP) is 1.27. The summed E-state index contributed by atoms with van der Waals surface area (Å²) >= 11 is 0. The third-order valence-electron chi connectivity index (χ3n) is 7.41. The molecule has 4 fully saturated rings. The summed E-state index contributed by atoms with van der Waals surface area (Å²) in [4.78, 5) is 34.9. The number of piperidine rings is 1. The van der Waals surface area contributed by atoms with Gasteiger partial charge in [0.15, 0.2) is 0 Å². The summed E-state index contributed by atoms with van der Waals surface area (Å²) in [5.41, 5.74) is -0.281. The van der Waals surface area contributed by atoms with E-state index >= 15 is 0 Å². The average molecular weight is 377 g/mol. The molecule has 27 heavy (non-hydrogen) atoms. The zero-order chi connectivity index (χ0) is 18.9. The third-order valence-corrected chi connectivity index (χ3v) is 7.41. The summed E-state index contributed by atoms with van der Waals surface area (Å²) in [6.45, 7) is 7.92. The van der Waals surface area contributed by atoms with Crippen LogP contribution in [-0.2, 0) is 9.59 Å². The highest BCUT2D eigenvalue weighted by Gasteiger charge is 2.49. The van der Waals surface area contributed by atoms with Gasteiger partial charge in [-0.1, -0.05) is 6.42 Å². The number of hydrogen-bond acceptors (Lipinski definition) is 4. The van der Waals surface area contributed by atoms with Crippen LogP contribution in [0.4, 0.5) is 0 Å².